The van der Waals surface area contributed by atoms with Crippen LogP contribution in [0.3, 0.4) is 0 Å². The Hall–Kier alpha value is -1.32. The topological polar surface area (TPSA) is 26.0 Å². The Morgan fingerprint density at radius 3 is 2.71 bits per heavy atom. The number of fused-ring (bicyclic) bond motifs is 1. The zero-order valence-corrected chi connectivity index (χ0v) is 11.0. The number of benzene rings is 2. The molecule has 0 N–H and O–H groups in total. The van der Waals surface area contributed by atoms with Crippen molar-refractivity contribution in [2.24, 2.45) is 0 Å². The lowest BCUT2D eigenvalue weighted by atomic mass is 10.2. The molecule has 0 saturated carbocycles. The van der Waals surface area contributed by atoms with Gasteiger partial charge in [0.25, 0.3) is 0 Å². The van der Waals surface area contributed by atoms with Gasteiger partial charge in [0.1, 0.15) is 5.52 Å². The predicted octanol–water partition coefficient (Wildman–Crippen LogP) is 4.91. The van der Waals surface area contributed by atoms with Crippen molar-refractivity contribution in [3.63, 3.8) is 0 Å². The van der Waals surface area contributed by atoms with E-state index < -0.39 is 0 Å². The van der Waals surface area contributed by atoms with Crippen LogP contribution in [0.1, 0.15) is 0 Å². The lowest BCUT2D eigenvalue weighted by Gasteiger charge is -1.99. The molecule has 84 valence electrons. The van der Waals surface area contributed by atoms with Crippen molar-refractivity contribution in [3.8, 4) is 11.5 Å². The highest BCUT2D eigenvalue weighted by Gasteiger charge is 2.11. The predicted molar refractivity (Wildman–Crippen MR) is 72.2 cm³/mol. The summed E-state index contributed by atoms with van der Waals surface area (Å²) in [7, 11) is 0. The molecule has 17 heavy (non-hydrogen) atoms. The van der Waals surface area contributed by atoms with Crippen LogP contribution in [-0.4, -0.2) is 4.98 Å². The number of rotatable bonds is 1. The van der Waals surface area contributed by atoms with Gasteiger partial charge in [0, 0.05) is 4.47 Å². The van der Waals surface area contributed by atoms with Crippen LogP contribution in [0.15, 0.2) is 51.4 Å². The summed E-state index contributed by atoms with van der Waals surface area (Å²) in [6, 6.07) is 13.3. The minimum absolute atomic E-state index is 0.545. The van der Waals surface area contributed by atoms with Gasteiger partial charge < -0.3 is 4.42 Å². The third kappa shape index (κ3) is 1.96. The van der Waals surface area contributed by atoms with Crippen molar-refractivity contribution in [3.05, 3.63) is 52.0 Å². The van der Waals surface area contributed by atoms with E-state index in [1.165, 1.54) is 0 Å². The minimum Gasteiger partial charge on any atom is -0.436 e. The molecular weight excluding hydrogens is 302 g/mol. The Morgan fingerprint density at radius 2 is 1.94 bits per heavy atom. The summed E-state index contributed by atoms with van der Waals surface area (Å²) in [5, 5.41) is 0.617. The van der Waals surface area contributed by atoms with Crippen LogP contribution in [0.2, 0.25) is 5.02 Å². The molecule has 3 aromatic rings. The molecule has 0 amide bonds. The lowest BCUT2D eigenvalue weighted by Crippen LogP contribution is -1.79. The Labute approximate surface area is 111 Å². The number of aromatic nitrogens is 1. The van der Waals surface area contributed by atoms with E-state index in [1.807, 2.05) is 42.5 Å². The molecule has 1 aromatic heterocycles. The summed E-state index contributed by atoms with van der Waals surface area (Å²) < 4.78 is 6.60. The molecular formula is C13H7BrClNO. The highest BCUT2D eigenvalue weighted by atomic mass is 79.9. The second-order valence-corrected chi connectivity index (χ2v) is 4.93. The highest BCUT2D eigenvalue weighted by Crippen LogP contribution is 2.31. The van der Waals surface area contributed by atoms with E-state index in [0.717, 1.165) is 21.1 Å². The maximum absolute atomic E-state index is 6.16. The van der Waals surface area contributed by atoms with Crippen molar-refractivity contribution in [2.45, 2.75) is 0 Å². The molecule has 4 heteroatoms. The quantitative estimate of drug-likeness (QED) is 0.638. The van der Waals surface area contributed by atoms with Crippen LogP contribution >= 0.6 is 27.5 Å². The molecule has 2 nitrogen and oxygen atoms in total. The van der Waals surface area contributed by atoms with Crippen molar-refractivity contribution >= 4 is 38.6 Å². The SMILES string of the molecule is Clc1cc(Br)ccc1-c1nc2ccccc2o1. The zero-order chi connectivity index (χ0) is 11.8. The van der Waals surface area contributed by atoms with Gasteiger partial charge in [0.05, 0.1) is 10.6 Å². The van der Waals surface area contributed by atoms with Crippen LogP contribution in [-0.2, 0) is 0 Å². The van der Waals surface area contributed by atoms with Gasteiger partial charge in [-0.1, -0.05) is 39.7 Å². The number of oxazole rings is 1. The monoisotopic (exact) mass is 307 g/mol. The van der Waals surface area contributed by atoms with Crippen LogP contribution in [0.4, 0.5) is 0 Å². The molecule has 0 aliphatic rings. The van der Waals surface area contributed by atoms with E-state index in [2.05, 4.69) is 20.9 Å². The molecule has 0 fully saturated rings. The summed E-state index contributed by atoms with van der Waals surface area (Å²) in [5.74, 6) is 0.545. The fraction of sp³-hybridized carbons (Fsp3) is 0. The largest absolute Gasteiger partial charge is 0.436 e. The van der Waals surface area contributed by atoms with Gasteiger partial charge in [-0.05, 0) is 30.3 Å². The molecule has 0 spiro atoms. The first kappa shape index (κ1) is 10.8. The van der Waals surface area contributed by atoms with Gasteiger partial charge in [0.2, 0.25) is 5.89 Å². The first-order valence-electron chi connectivity index (χ1n) is 5.05. The molecule has 2 aromatic carbocycles. The average Bonchev–Trinajstić information content (AvgIpc) is 2.72. The summed E-state index contributed by atoms with van der Waals surface area (Å²) >= 11 is 9.53. The second-order valence-electron chi connectivity index (χ2n) is 3.61. The third-order valence-electron chi connectivity index (χ3n) is 2.46. The van der Waals surface area contributed by atoms with Crippen LogP contribution in [0.25, 0.3) is 22.6 Å². The van der Waals surface area contributed by atoms with Crippen LogP contribution in [0, 0.1) is 0 Å². The summed E-state index contributed by atoms with van der Waals surface area (Å²) in [4.78, 5) is 4.41. The smallest absolute Gasteiger partial charge is 0.228 e. The van der Waals surface area contributed by atoms with Gasteiger partial charge in [-0.3, -0.25) is 0 Å². The van der Waals surface area contributed by atoms with Crippen molar-refractivity contribution in [1.82, 2.24) is 4.98 Å². The molecule has 0 aliphatic heterocycles. The third-order valence-corrected chi connectivity index (χ3v) is 3.26. The van der Waals surface area contributed by atoms with Crippen LogP contribution < -0.4 is 0 Å². The first-order chi connectivity index (χ1) is 8.24. The molecule has 0 saturated heterocycles. The lowest BCUT2D eigenvalue weighted by molar-refractivity contribution is 0.620. The van der Waals surface area contributed by atoms with E-state index in [1.54, 1.807) is 0 Å². The summed E-state index contributed by atoms with van der Waals surface area (Å²) in [6.07, 6.45) is 0. The standard InChI is InChI=1S/C13H7BrClNO/c14-8-5-6-9(10(15)7-8)13-16-11-3-1-2-4-12(11)17-13/h1-7H. The Bertz CT molecular complexity index is 660. The molecule has 0 radical (unpaired) electrons. The second kappa shape index (κ2) is 4.17. The summed E-state index contributed by atoms with van der Waals surface area (Å²) in [6.45, 7) is 0. The number of para-hydroxylation sites is 2. The van der Waals surface area contributed by atoms with Crippen molar-refractivity contribution in [1.29, 1.82) is 0 Å². The van der Waals surface area contributed by atoms with Crippen LogP contribution in [0.5, 0.6) is 0 Å². The average molecular weight is 309 g/mol. The maximum atomic E-state index is 6.16. The molecule has 0 atom stereocenters. The zero-order valence-electron chi connectivity index (χ0n) is 8.65. The van der Waals surface area contributed by atoms with E-state index in [4.69, 9.17) is 16.0 Å². The van der Waals surface area contributed by atoms with Crippen molar-refractivity contribution in [2.75, 3.05) is 0 Å². The molecule has 1 heterocycles. The van der Waals surface area contributed by atoms with E-state index in [9.17, 15) is 0 Å². The number of nitrogens with zero attached hydrogens (tertiary/aromatic N) is 1. The van der Waals surface area contributed by atoms with Crippen molar-refractivity contribution < 1.29 is 4.42 Å². The number of hydrogen-bond acceptors (Lipinski definition) is 2. The fourth-order valence-electron chi connectivity index (χ4n) is 1.65. The normalized spacial score (nSPS) is 10.9. The molecule has 0 unspecified atom stereocenters. The fourth-order valence-corrected chi connectivity index (χ4v) is 2.40. The Morgan fingerprint density at radius 1 is 1.12 bits per heavy atom. The molecule has 0 aliphatic carbocycles. The van der Waals surface area contributed by atoms with Gasteiger partial charge >= 0.3 is 0 Å². The van der Waals surface area contributed by atoms with Gasteiger partial charge in [-0.15, -0.1) is 0 Å². The number of halogens is 2. The highest BCUT2D eigenvalue weighted by molar-refractivity contribution is 9.10. The Kier molecular flexibility index (Phi) is 2.65. The molecule has 0 bridgehead atoms. The first-order valence-corrected chi connectivity index (χ1v) is 6.22. The van der Waals surface area contributed by atoms with Gasteiger partial charge in [-0.2, -0.15) is 0 Å². The van der Waals surface area contributed by atoms with E-state index >= 15 is 0 Å². The Balaban J connectivity index is 2.20. The molecule has 3 rings (SSSR count). The van der Waals surface area contributed by atoms with Gasteiger partial charge in [0.15, 0.2) is 5.58 Å². The van der Waals surface area contributed by atoms with Gasteiger partial charge in [-0.25, -0.2) is 4.98 Å². The minimum atomic E-state index is 0.545. The summed E-state index contributed by atoms with van der Waals surface area (Å²) in [5.41, 5.74) is 2.40. The maximum Gasteiger partial charge on any atom is 0.228 e. The van der Waals surface area contributed by atoms with E-state index in [-0.39, 0.29) is 0 Å². The number of hydrogen-bond donors (Lipinski definition) is 0. The van der Waals surface area contributed by atoms with E-state index in [0.29, 0.717) is 10.9 Å².